The first-order valence-electron chi connectivity index (χ1n) is 11.3. The molecule has 2 aromatic heterocycles. The molecule has 168 valence electrons. The molecule has 8 heteroatoms. The molecular formula is C23H35N7O. The lowest BCUT2D eigenvalue weighted by Gasteiger charge is -2.33. The zero-order valence-corrected chi connectivity index (χ0v) is 18.8. The van der Waals surface area contributed by atoms with Gasteiger partial charge in [0.15, 0.2) is 5.96 Å². The van der Waals surface area contributed by atoms with E-state index in [0.717, 1.165) is 68.9 Å². The van der Waals surface area contributed by atoms with Gasteiger partial charge in [0.2, 0.25) is 0 Å². The van der Waals surface area contributed by atoms with Crippen LogP contribution in [0.25, 0.3) is 0 Å². The van der Waals surface area contributed by atoms with Crippen LogP contribution in [0.2, 0.25) is 0 Å². The Labute approximate surface area is 185 Å². The second kappa shape index (κ2) is 10.6. The Morgan fingerprint density at radius 1 is 1.10 bits per heavy atom. The number of likely N-dealkylation sites (tertiary alicyclic amines) is 1. The van der Waals surface area contributed by atoms with Crippen molar-refractivity contribution >= 4 is 11.8 Å². The van der Waals surface area contributed by atoms with Gasteiger partial charge in [0.05, 0.1) is 12.3 Å². The predicted molar refractivity (Wildman–Crippen MR) is 124 cm³/mol. The summed E-state index contributed by atoms with van der Waals surface area (Å²) in [6.07, 6.45) is 6.22. The Balaban J connectivity index is 1.28. The highest BCUT2D eigenvalue weighted by atomic mass is 16.3. The number of nitrogens with one attached hydrogen (secondary N) is 2. The van der Waals surface area contributed by atoms with Crippen molar-refractivity contribution in [3.63, 3.8) is 0 Å². The van der Waals surface area contributed by atoms with Crippen molar-refractivity contribution in [3.8, 4) is 0 Å². The first kappa shape index (κ1) is 21.6. The number of hydrogen-bond donors (Lipinski definition) is 2. The molecule has 0 amide bonds. The van der Waals surface area contributed by atoms with Crippen LogP contribution in [0, 0.1) is 0 Å². The van der Waals surface area contributed by atoms with E-state index in [1.165, 1.54) is 12.8 Å². The number of aliphatic imine (C=N–C) groups is 1. The molecule has 0 bridgehead atoms. The van der Waals surface area contributed by atoms with Crippen molar-refractivity contribution in [2.45, 2.75) is 25.4 Å². The van der Waals surface area contributed by atoms with Crippen molar-refractivity contribution in [3.05, 3.63) is 48.0 Å². The smallest absolute Gasteiger partial charge is 0.191 e. The van der Waals surface area contributed by atoms with Crippen molar-refractivity contribution < 1.29 is 4.42 Å². The van der Waals surface area contributed by atoms with Crippen LogP contribution in [0.3, 0.4) is 0 Å². The highest BCUT2D eigenvalue weighted by Gasteiger charge is 2.25. The minimum absolute atomic E-state index is 0.223. The largest absolute Gasteiger partial charge is 0.468 e. The van der Waals surface area contributed by atoms with Gasteiger partial charge in [0.25, 0.3) is 0 Å². The SMILES string of the molecule is CN=C(NCc1ccc(N2CCN(C)CC2)nc1)NCC(c1ccco1)N1CCCC1. The fourth-order valence-electron chi connectivity index (χ4n) is 4.29. The molecule has 2 saturated heterocycles. The molecule has 2 fully saturated rings. The van der Waals surface area contributed by atoms with Crippen LogP contribution in [0.15, 0.2) is 46.1 Å². The fourth-order valence-corrected chi connectivity index (χ4v) is 4.29. The Morgan fingerprint density at radius 3 is 2.55 bits per heavy atom. The van der Waals surface area contributed by atoms with E-state index in [-0.39, 0.29) is 6.04 Å². The summed E-state index contributed by atoms with van der Waals surface area (Å²) in [5.41, 5.74) is 1.14. The van der Waals surface area contributed by atoms with Gasteiger partial charge in [-0.15, -0.1) is 0 Å². The summed E-state index contributed by atoms with van der Waals surface area (Å²) >= 11 is 0. The average Bonchev–Trinajstić information content (AvgIpc) is 3.52. The molecule has 31 heavy (non-hydrogen) atoms. The van der Waals surface area contributed by atoms with Crippen LogP contribution in [0.5, 0.6) is 0 Å². The lowest BCUT2D eigenvalue weighted by Crippen LogP contribution is -2.44. The number of pyridine rings is 1. The van der Waals surface area contributed by atoms with Crippen molar-refractivity contribution in [1.29, 1.82) is 0 Å². The van der Waals surface area contributed by atoms with Gasteiger partial charge in [-0.25, -0.2) is 4.98 Å². The molecule has 2 aromatic rings. The monoisotopic (exact) mass is 425 g/mol. The number of rotatable bonds is 7. The maximum atomic E-state index is 5.71. The quantitative estimate of drug-likeness (QED) is 0.519. The van der Waals surface area contributed by atoms with Gasteiger partial charge in [-0.05, 0) is 56.7 Å². The summed E-state index contributed by atoms with van der Waals surface area (Å²) in [5.74, 6) is 2.86. The van der Waals surface area contributed by atoms with E-state index >= 15 is 0 Å². The van der Waals surface area contributed by atoms with E-state index in [2.05, 4.69) is 60.6 Å². The van der Waals surface area contributed by atoms with Gasteiger partial charge in [0.1, 0.15) is 11.6 Å². The third-order valence-corrected chi connectivity index (χ3v) is 6.24. The van der Waals surface area contributed by atoms with Crippen LogP contribution in [-0.2, 0) is 6.54 Å². The molecule has 0 spiro atoms. The zero-order valence-electron chi connectivity index (χ0n) is 18.8. The number of anilines is 1. The third-order valence-electron chi connectivity index (χ3n) is 6.24. The minimum Gasteiger partial charge on any atom is -0.468 e. The Hall–Kier alpha value is -2.58. The molecule has 0 aliphatic carbocycles. The van der Waals surface area contributed by atoms with Gasteiger partial charge in [-0.1, -0.05) is 6.07 Å². The van der Waals surface area contributed by atoms with E-state index in [1.807, 2.05) is 19.3 Å². The number of aromatic nitrogens is 1. The Kier molecular flexibility index (Phi) is 7.43. The summed E-state index contributed by atoms with van der Waals surface area (Å²) < 4.78 is 5.71. The van der Waals surface area contributed by atoms with E-state index in [0.29, 0.717) is 6.54 Å². The molecule has 2 aliphatic heterocycles. The van der Waals surface area contributed by atoms with Gasteiger partial charge >= 0.3 is 0 Å². The molecule has 0 aromatic carbocycles. The predicted octanol–water partition coefficient (Wildman–Crippen LogP) is 1.93. The van der Waals surface area contributed by atoms with E-state index in [1.54, 1.807) is 6.26 Å². The number of piperazine rings is 1. The minimum atomic E-state index is 0.223. The molecule has 4 rings (SSSR count). The van der Waals surface area contributed by atoms with Crippen molar-refractivity contribution in [1.82, 2.24) is 25.4 Å². The number of hydrogen-bond acceptors (Lipinski definition) is 6. The molecule has 1 unspecified atom stereocenters. The van der Waals surface area contributed by atoms with E-state index in [4.69, 9.17) is 4.42 Å². The Bertz CT molecular complexity index is 807. The van der Waals surface area contributed by atoms with Crippen LogP contribution >= 0.6 is 0 Å². The fraction of sp³-hybridized carbons (Fsp3) is 0.565. The number of guanidine groups is 1. The summed E-state index contributed by atoms with van der Waals surface area (Å²) in [4.78, 5) is 16.3. The van der Waals surface area contributed by atoms with Crippen LogP contribution in [0.1, 0.15) is 30.2 Å². The number of likely N-dealkylation sites (N-methyl/N-ethyl adjacent to an activating group) is 1. The highest BCUT2D eigenvalue weighted by Crippen LogP contribution is 2.24. The van der Waals surface area contributed by atoms with E-state index < -0.39 is 0 Å². The standard InChI is InChI=1S/C23H35N7O/c1-24-23(27-18-20(21-6-5-15-31-21)29-9-3-4-10-29)26-17-19-7-8-22(25-16-19)30-13-11-28(2)12-14-30/h5-8,15-16,20H,3-4,9-14,17-18H2,1-2H3,(H2,24,26,27). The van der Waals surface area contributed by atoms with Gasteiger partial charge in [-0.3, -0.25) is 9.89 Å². The molecule has 2 N–H and O–H groups in total. The first-order valence-corrected chi connectivity index (χ1v) is 11.3. The van der Waals surface area contributed by atoms with Gasteiger partial charge < -0.3 is 24.9 Å². The van der Waals surface area contributed by atoms with E-state index in [9.17, 15) is 0 Å². The number of nitrogens with zero attached hydrogens (tertiary/aromatic N) is 5. The third kappa shape index (κ3) is 5.77. The molecule has 0 saturated carbocycles. The van der Waals surface area contributed by atoms with Crippen molar-refractivity contribution in [2.24, 2.45) is 4.99 Å². The summed E-state index contributed by atoms with van der Waals surface area (Å²) in [6.45, 7) is 7.91. The maximum absolute atomic E-state index is 5.71. The maximum Gasteiger partial charge on any atom is 0.191 e. The van der Waals surface area contributed by atoms with Gasteiger partial charge in [-0.2, -0.15) is 0 Å². The summed E-state index contributed by atoms with van der Waals surface area (Å²) in [5, 5.41) is 6.89. The average molecular weight is 426 g/mol. The summed E-state index contributed by atoms with van der Waals surface area (Å²) in [6, 6.07) is 8.52. The lowest BCUT2D eigenvalue weighted by atomic mass is 10.2. The molecule has 4 heterocycles. The van der Waals surface area contributed by atoms with Crippen LogP contribution in [-0.4, -0.2) is 80.7 Å². The van der Waals surface area contributed by atoms with Crippen LogP contribution < -0.4 is 15.5 Å². The summed E-state index contributed by atoms with van der Waals surface area (Å²) in [7, 11) is 3.98. The number of furan rings is 1. The van der Waals surface area contributed by atoms with Crippen molar-refractivity contribution in [2.75, 3.05) is 64.8 Å². The first-order chi connectivity index (χ1) is 15.2. The second-order valence-electron chi connectivity index (χ2n) is 8.40. The topological polar surface area (TPSA) is 72.2 Å². The molecule has 1 atom stereocenters. The molecule has 2 aliphatic rings. The van der Waals surface area contributed by atoms with Crippen LogP contribution in [0.4, 0.5) is 5.82 Å². The highest BCUT2D eigenvalue weighted by molar-refractivity contribution is 5.79. The zero-order chi connectivity index (χ0) is 21.5. The Morgan fingerprint density at radius 2 is 1.90 bits per heavy atom. The molecule has 0 radical (unpaired) electrons. The lowest BCUT2D eigenvalue weighted by molar-refractivity contribution is 0.215. The molecular weight excluding hydrogens is 390 g/mol. The molecule has 8 nitrogen and oxygen atoms in total. The second-order valence-corrected chi connectivity index (χ2v) is 8.40. The normalized spacial score (nSPS) is 19.5. The van der Waals surface area contributed by atoms with Gasteiger partial charge in [0, 0.05) is 52.5 Å².